The molecule has 16 heavy (non-hydrogen) atoms. The second kappa shape index (κ2) is 4.42. The molecule has 0 saturated carbocycles. The van der Waals surface area contributed by atoms with E-state index in [0.29, 0.717) is 0 Å². The number of hydrogen-bond acceptors (Lipinski definition) is 2. The maximum atomic E-state index is 11.9. The summed E-state index contributed by atoms with van der Waals surface area (Å²) in [7, 11) is 0. The number of hydrogen-bond donors (Lipinski definition) is 2. The molecule has 0 radical (unpaired) electrons. The predicted molar refractivity (Wildman–Crippen MR) is 49.4 cm³/mol. The largest absolute Gasteiger partial charge is 0.507 e. The Balaban J connectivity index is 2.83. The summed E-state index contributed by atoms with van der Waals surface area (Å²) in [5.74, 6) is -1.82. The highest BCUT2D eigenvalue weighted by Gasteiger charge is 2.26. The molecule has 0 atom stereocenters. The molecule has 0 aliphatic rings. The van der Waals surface area contributed by atoms with E-state index in [9.17, 15) is 18.0 Å². The first-order valence-electron chi connectivity index (χ1n) is 4.41. The second-order valence-corrected chi connectivity index (χ2v) is 3.27. The molecule has 0 spiro atoms. The molecule has 6 heteroatoms. The van der Waals surface area contributed by atoms with Gasteiger partial charge in [0, 0.05) is 6.42 Å². The van der Waals surface area contributed by atoms with Crippen molar-refractivity contribution in [1.29, 1.82) is 0 Å². The van der Waals surface area contributed by atoms with Crippen LogP contribution in [0, 0.1) is 0 Å². The van der Waals surface area contributed by atoms with Crippen molar-refractivity contribution in [3.05, 3.63) is 29.3 Å². The molecule has 0 saturated heterocycles. The first-order chi connectivity index (χ1) is 7.29. The minimum Gasteiger partial charge on any atom is -0.507 e. The van der Waals surface area contributed by atoms with Crippen LogP contribution < -0.4 is 0 Å². The van der Waals surface area contributed by atoms with Crippen molar-refractivity contribution in [3.63, 3.8) is 0 Å². The van der Waals surface area contributed by atoms with Crippen molar-refractivity contribution in [2.75, 3.05) is 0 Å². The number of carboxylic acids is 1. The van der Waals surface area contributed by atoms with Crippen LogP contribution in [0.4, 0.5) is 13.2 Å². The van der Waals surface area contributed by atoms with E-state index in [0.717, 1.165) is 12.1 Å². The molecule has 0 heterocycles. The third-order valence-corrected chi connectivity index (χ3v) is 1.99. The highest BCUT2D eigenvalue weighted by Crippen LogP contribution is 2.24. The number of halogens is 3. The minimum absolute atomic E-state index is 0.229. The minimum atomic E-state index is -4.28. The molecular weight excluding hydrogens is 225 g/mol. The molecule has 0 fully saturated rings. The average molecular weight is 234 g/mol. The third kappa shape index (κ3) is 3.45. The SMILES string of the molecule is O=C(O)c1cc(CCC(F)(F)F)ccc1O. The zero-order valence-electron chi connectivity index (χ0n) is 8.08. The second-order valence-electron chi connectivity index (χ2n) is 3.27. The van der Waals surface area contributed by atoms with Crippen LogP contribution in [-0.4, -0.2) is 22.4 Å². The van der Waals surface area contributed by atoms with Gasteiger partial charge in [-0.2, -0.15) is 13.2 Å². The summed E-state index contributed by atoms with van der Waals surface area (Å²) in [6.45, 7) is 0. The van der Waals surface area contributed by atoms with Crippen molar-refractivity contribution in [1.82, 2.24) is 0 Å². The zero-order valence-corrected chi connectivity index (χ0v) is 8.08. The van der Waals surface area contributed by atoms with E-state index in [-0.39, 0.29) is 17.5 Å². The molecule has 0 aromatic heterocycles. The molecular formula is C10H9F3O3. The Morgan fingerprint density at radius 1 is 1.31 bits per heavy atom. The van der Waals surface area contributed by atoms with E-state index in [4.69, 9.17) is 10.2 Å². The monoisotopic (exact) mass is 234 g/mol. The van der Waals surface area contributed by atoms with Gasteiger partial charge in [0.1, 0.15) is 11.3 Å². The molecule has 0 amide bonds. The highest BCUT2D eigenvalue weighted by molar-refractivity contribution is 5.90. The fourth-order valence-electron chi connectivity index (χ4n) is 1.20. The lowest BCUT2D eigenvalue weighted by Crippen LogP contribution is -2.09. The Hall–Kier alpha value is -1.72. The predicted octanol–water partition coefficient (Wildman–Crippen LogP) is 2.59. The van der Waals surface area contributed by atoms with Crippen molar-refractivity contribution >= 4 is 5.97 Å². The van der Waals surface area contributed by atoms with Gasteiger partial charge in [0.25, 0.3) is 0 Å². The van der Waals surface area contributed by atoms with Gasteiger partial charge in [-0.05, 0) is 24.1 Å². The summed E-state index contributed by atoms with van der Waals surface area (Å²) in [5, 5.41) is 17.8. The van der Waals surface area contributed by atoms with Crippen LogP contribution in [0.5, 0.6) is 5.75 Å². The van der Waals surface area contributed by atoms with Crippen LogP contribution in [0.2, 0.25) is 0 Å². The Morgan fingerprint density at radius 3 is 2.44 bits per heavy atom. The Bertz CT molecular complexity index is 399. The van der Waals surface area contributed by atoms with Gasteiger partial charge in [-0.15, -0.1) is 0 Å². The zero-order chi connectivity index (χ0) is 12.3. The molecule has 3 nitrogen and oxygen atoms in total. The maximum Gasteiger partial charge on any atom is 0.389 e. The summed E-state index contributed by atoms with van der Waals surface area (Å²) in [6.07, 6.45) is -5.60. The van der Waals surface area contributed by atoms with Gasteiger partial charge >= 0.3 is 12.1 Å². The van der Waals surface area contributed by atoms with Crippen molar-refractivity contribution < 1.29 is 28.2 Å². The molecule has 0 aliphatic carbocycles. The fourth-order valence-corrected chi connectivity index (χ4v) is 1.20. The molecule has 88 valence electrons. The fraction of sp³-hybridized carbons (Fsp3) is 0.300. The standard InChI is InChI=1S/C10H9F3O3/c11-10(12,13)4-3-6-1-2-8(14)7(5-6)9(15)16/h1-2,5,14H,3-4H2,(H,15,16). The number of benzene rings is 1. The van der Waals surface area contributed by atoms with Gasteiger partial charge in [0.2, 0.25) is 0 Å². The number of phenols is 1. The van der Waals surface area contributed by atoms with Gasteiger partial charge in [-0.3, -0.25) is 0 Å². The molecule has 0 bridgehead atoms. The van der Waals surface area contributed by atoms with E-state index in [1.54, 1.807) is 0 Å². The Kier molecular flexibility index (Phi) is 3.41. The number of rotatable bonds is 3. The number of aromatic carboxylic acids is 1. The van der Waals surface area contributed by atoms with E-state index in [1.165, 1.54) is 6.07 Å². The van der Waals surface area contributed by atoms with Gasteiger partial charge in [0.05, 0.1) is 0 Å². The summed E-state index contributed by atoms with van der Waals surface area (Å²) in [5.41, 5.74) is -0.160. The molecule has 0 aliphatic heterocycles. The summed E-state index contributed by atoms with van der Waals surface area (Å²) in [4.78, 5) is 10.6. The van der Waals surface area contributed by atoms with E-state index >= 15 is 0 Å². The van der Waals surface area contributed by atoms with Gasteiger partial charge in [-0.1, -0.05) is 6.07 Å². The van der Waals surface area contributed by atoms with E-state index in [1.807, 2.05) is 0 Å². The van der Waals surface area contributed by atoms with Crippen LogP contribution in [0.25, 0.3) is 0 Å². The molecule has 0 unspecified atom stereocenters. The number of alkyl halides is 3. The summed E-state index contributed by atoms with van der Waals surface area (Å²) in [6, 6.07) is 3.39. The van der Waals surface area contributed by atoms with Crippen molar-refractivity contribution in [2.45, 2.75) is 19.0 Å². The molecule has 1 aromatic carbocycles. The average Bonchev–Trinajstić information content (AvgIpc) is 2.14. The number of carbonyl (C=O) groups is 1. The van der Waals surface area contributed by atoms with Gasteiger partial charge in [-0.25, -0.2) is 4.79 Å². The summed E-state index contributed by atoms with van der Waals surface area (Å²) < 4.78 is 35.7. The summed E-state index contributed by atoms with van der Waals surface area (Å²) >= 11 is 0. The van der Waals surface area contributed by atoms with Crippen LogP contribution >= 0.6 is 0 Å². The molecule has 1 aromatic rings. The van der Waals surface area contributed by atoms with Crippen LogP contribution in [-0.2, 0) is 6.42 Å². The lowest BCUT2D eigenvalue weighted by molar-refractivity contribution is -0.133. The lowest BCUT2D eigenvalue weighted by Gasteiger charge is -2.07. The number of carboxylic acid groups (broad SMARTS) is 1. The topological polar surface area (TPSA) is 57.5 Å². The highest BCUT2D eigenvalue weighted by atomic mass is 19.4. The first kappa shape index (κ1) is 12.4. The number of aryl methyl sites for hydroxylation is 1. The van der Waals surface area contributed by atoms with Crippen LogP contribution in [0.15, 0.2) is 18.2 Å². The maximum absolute atomic E-state index is 11.9. The van der Waals surface area contributed by atoms with Gasteiger partial charge in [0.15, 0.2) is 0 Å². The normalized spacial score (nSPS) is 11.4. The van der Waals surface area contributed by atoms with E-state index < -0.39 is 24.3 Å². The van der Waals surface area contributed by atoms with Crippen molar-refractivity contribution in [2.24, 2.45) is 0 Å². The Morgan fingerprint density at radius 2 is 1.94 bits per heavy atom. The number of aromatic hydroxyl groups is 1. The van der Waals surface area contributed by atoms with E-state index in [2.05, 4.69) is 0 Å². The van der Waals surface area contributed by atoms with Crippen molar-refractivity contribution in [3.8, 4) is 5.75 Å². The van der Waals surface area contributed by atoms with Gasteiger partial charge < -0.3 is 10.2 Å². The molecule has 1 rings (SSSR count). The van der Waals surface area contributed by atoms with Crippen LogP contribution in [0.3, 0.4) is 0 Å². The lowest BCUT2D eigenvalue weighted by atomic mass is 10.1. The smallest absolute Gasteiger partial charge is 0.389 e. The van der Waals surface area contributed by atoms with Crippen LogP contribution in [0.1, 0.15) is 22.3 Å². The molecule has 2 N–H and O–H groups in total. The quantitative estimate of drug-likeness (QED) is 0.845. The first-order valence-corrected chi connectivity index (χ1v) is 4.41. The third-order valence-electron chi connectivity index (χ3n) is 1.99. The Labute approximate surface area is 89.1 Å².